The van der Waals surface area contributed by atoms with Crippen LogP contribution in [0.5, 0.6) is 0 Å². The van der Waals surface area contributed by atoms with Crippen molar-refractivity contribution in [2.75, 3.05) is 10.2 Å². The molecule has 2 atom stereocenters. The Morgan fingerprint density at radius 3 is 2.45 bits per heavy atom. The topological polar surface area (TPSA) is 146 Å². The number of nitriles is 1. The summed E-state index contributed by atoms with van der Waals surface area (Å²) < 4.78 is 1.28. The molecule has 1 saturated heterocycles. The molecule has 2 heterocycles. The molecule has 1 saturated carbocycles. The third kappa shape index (κ3) is 5.81. The van der Waals surface area contributed by atoms with Crippen LogP contribution in [0.4, 0.5) is 17.1 Å². The molecule has 1 aliphatic heterocycles. The second kappa shape index (κ2) is 12.2. The van der Waals surface area contributed by atoms with E-state index < -0.39 is 10.8 Å². The molecule has 6 rings (SSSR count). The molecule has 0 unspecified atom stereocenters. The standard InChI is InChI=1S/C31H22ClN5O5S2/c32-19-6-8-20(9-7-19)34-28(38)18(16-33)13-17-5-12-26(25(14-17)37(41)42)43-31-35-24-11-10-21(15-27(24)44-31)36-29(39)22-3-1-2-4-23(22)30(36)40/h5-15,22-23H,1-4H2,(H,34,38)/b18-13+/t22-,23-/m1/s1. The molecule has 0 radical (unpaired) electrons. The van der Waals surface area contributed by atoms with Crippen molar-refractivity contribution in [3.63, 3.8) is 0 Å². The Bertz CT molecular complexity index is 1890. The quantitative estimate of drug-likeness (QED) is 0.0729. The first-order valence-corrected chi connectivity index (χ1v) is 15.7. The van der Waals surface area contributed by atoms with Crippen molar-refractivity contribution >= 4 is 85.8 Å². The number of carbonyl (C=O) groups is 3. The van der Waals surface area contributed by atoms with Gasteiger partial charge in [-0.3, -0.25) is 29.4 Å². The van der Waals surface area contributed by atoms with Crippen molar-refractivity contribution in [1.82, 2.24) is 4.98 Å². The number of nitro benzene ring substituents is 1. The van der Waals surface area contributed by atoms with Crippen LogP contribution in [0.25, 0.3) is 16.3 Å². The second-order valence-corrected chi connectivity index (χ2v) is 13.1. The molecule has 4 aromatic rings. The van der Waals surface area contributed by atoms with E-state index in [1.807, 2.05) is 6.07 Å². The highest BCUT2D eigenvalue weighted by atomic mass is 35.5. The van der Waals surface area contributed by atoms with Crippen LogP contribution >= 0.6 is 34.7 Å². The van der Waals surface area contributed by atoms with Gasteiger partial charge in [-0.05, 0) is 73.0 Å². The van der Waals surface area contributed by atoms with E-state index in [9.17, 15) is 29.8 Å². The molecule has 220 valence electrons. The number of nitro groups is 1. The molecular weight excluding hydrogens is 622 g/mol. The van der Waals surface area contributed by atoms with Gasteiger partial charge in [-0.25, -0.2) is 4.98 Å². The highest BCUT2D eigenvalue weighted by molar-refractivity contribution is 8.01. The zero-order valence-corrected chi connectivity index (χ0v) is 25.2. The minimum Gasteiger partial charge on any atom is -0.321 e. The van der Waals surface area contributed by atoms with Crippen molar-refractivity contribution in [3.8, 4) is 6.07 Å². The van der Waals surface area contributed by atoms with Gasteiger partial charge < -0.3 is 5.32 Å². The molecule has 2 fully saturated rings. The van der Waals surface area contributed by atoms with E-state index in [0.29, 0.717) is 36.7 Å². The number of nitrogens with one attached hydrogen (secondary N) is 1. The summed E-state index contributed by atoms with van der Waals surface area (Å²) in [6.45, 7) is 0. The van der Waals surface area contributed by atoms with Gasteiger partial charge in [0.05, 0.1) is 37.6 Å². The summed E-state index contributed by atoms with van der Waals surface area (Å²) in [6, 6.07) is 17.9. The molecule has 3 amide bonds. The minimum atomic E-state index is -0.666. The van der Waals surface area contributed by atoms with Crippen LogP contribution in [0, 0.1) is 33.3 Å². The van der Waals surface area contributed by atoms with Gasteiger partial charge >= 0.3 is 0 Å². The molecule has 1 N–H and O–H groups in total. The van der Waals surface area contributed by atoms with Crippen molar-refractivity contribution in [2.24, 2.45) is 11.8 Å². The van der Waals surface area contributed by atoms with E-state index in [1.54, 1.807) is 54.6 Å². The van der Waals surface area contributed by atoms with Gasteiger partial charge in [0, 0.05) is 16.8 Å². The number of anilines is 2. The molecule has 0 spiro atoms. The van der Waals surface area contributed by atoms with Gasteiger partial charge in [-0.1, -0.05) is 42.3 Å². The van der Waals surface area contributed by atoms with Gasteiger partial charge in [0.15, 0.2) is 4.34 Å². The predicted molar refractivity (Wildman–Crippen MR) is 168 cm³/mol. The molecule has 3 aromatic carbocycles. The summed E-state index contributed by atoms with van der Waals surface area (Å²) in [4.78, 5) is 56.4. The summed E-state index contributed by atoms with van der Waals surface area (Å²) in [5.41, 5.74) is 1.46. The number of hydrogen-bond donors (Lipinski definition) is 1. The third-order valence-corrected chi connectivity index (χ3v) is 10.0. The fraction of sp³-hybridized carbons (Fsp3) is 0.194. The lowest BCUT2D eigenvalue weighted by molar-refractivity contribution is -0.387. The van der Waals surface area contributed by atoms with E-state index in [2.05, 4.69) is 10.3 Å². The number of halogens is 1. The number of thiazole rings is 1. The molecule has 2 aliphatic rings. The lowest BCUT2D eigenvalue weighted by Crippen LogP contribution is -2.30. The summed E-state index contributed by atoms with van der Waals surface area (Å²) >= 11 is 8.28. The molecule has 1 aliphatic carbocycles. The molecule has 1 aromatic heterocycles. The molecular formula is C31H22ClN5O5S2. The van der Waals surface area contributed by atoms with Crippen molar-refractivity contribution < 1.29 is 19.3 Å². The van der Waals surface area contributed by atoms with E-state index in [-0.39, 0.29) is 34.9 Å². The lowest BCUT2D eigenvalue weighted by atomic mass is 9.81. The first-order valence-electron chi connectivity index (χ1n) is 13.7. The van der Waals surface area contributed by atoms with Gasteiger partial charge in [0.25, 0.3) is 11.6 Å². The van der Waals surface area contributed by atoms with E-state index in [4.69, 9.17) is 11.6 Å². The Hall–Kier alpha value is -4.57. The Morgan fingerprint density at radius 1 is 1.09 bits per heavy atom. The SMILES string of the molecule is N#C/C(=C\c1ccc(Sc2nc3ccc(N4C(=O)[C@@H]5CCCC[C@H]5C4=O)cc3s2)c([N+](=O)[O-])c1)C(=O)Nc1ccc(Cl)cc1. The highest BCUT2D eigenvalue weighted by Gasteiger charge is 2.48. The van der Waals surface area contributed by atoms with Gasteiger partial charge in [-0.15, -0.1) is 11.3 Å². The largest absolute Gasteiger partial charge is 0.321 e. The molecule has 0 bridgehead atoms. The first-order chi connectivity index (χ1) is 21.2. The van der Waals surface area contributed by atoms with Crippen LogP contribution in [0.15, 0.2) is 75.5 Å². The summed E-state index contributed by atoms with van der Waals surface area (Å²) in [5.74, 6) is -1.46. The number of amides is 3. The third-order valence-electron chi connectivity index (χ3n) is 7.61. The number of imide groups is 1. The maximum atomic E-state index is 13.1. The van der Waals surface area contributed by atoms with Crippen LogP contribution in [0.2, 0.25) is 5.02 Å². The Morgan fingerprint density at radius 2 is 1.80 bits per heavy atom. The Balaban J connectivity index is 1.23. The van der Waals surface area contributed by atoms with Crippen LogP contribution in [0.1, 0.15) is 31.2 Å². The molecule has 44 heavy (non-hydrogen) atoms. The average Bonchev–Trinajstić information content (AvgIpc) is 3.54. The highest BCUT2D eigenvalue weighted by Crippen LogP contribution is 2.43. The number of hydrogen-bond acceptors (Lipinski definition) is 9. The predicted octanol–water partition coefficient (Wildman–Crippen LogP) is 7.23. The lowest BCUT2D eigenvalue weighted by Gasteiger charge is -2.19. The fourth-order valence-corrected chi connectivity index (χ4v) is 7.75. The van der Waals surface area contributed by atoms with E-state index >= 15 is 0 Å². The van der Waals surface area contributed by atoms with Gasteiger partial charge in [-0.2, -0.15) is 5.26 Å². The fourth-order valence-electron chi connectivity index (χ4n) is 5.49. The number of benzene rings is 3. The molecule has 10 nitrogen and oxygen atoms in total. The summed E-state index contributed by atoms with van der Waals surface area (Å²) in [7, 11) is 0. The van der Waals surface area contributed by atoms with Crippen molar-refractivity contribution in [2.45, 2.75) is 34.9 Å². The van der Waals surface area contributed by atoms with Gasteiger partial charge in [0.2, 0.25) is 11.8 Å². The van der Waals surface area contributed by atoms with Crippen LogP contribution < -0.4 is 10.2 Å². The van der Waals surface area contributed by atoms with Gasteiger partial charge in [0.1, 0.15) is 11.6 Å². The number of nitrogens with zero attached hydrogens (tertiary/aromatic N) is 4. The number of aromatic nitrogens is 1. The normalized spacial score (nSPS) is 18.3. The average molecular weight is 644 g/mol. The van der Waals surface area contributed by atoms with Crippen molar-refractivity contribution in [1.29, 1.82) is 5.26 Å². The number of fused-ring (bicyclic) bond motifs is 2. The van der Waals surface area contributed by atoms with E-state index in [1.165, 1.54) is 28.4 Å². The minimum absolute atomic E-state index is 0.148. The van der Waals surface area contributed by atoms with E-state index in [0.717, 1.165) is 42.1 Å². The maximum Gasteiger partial charge on any atom is 0.283 e. The second-order valence-electron chi connectivity index (χ2n) is 10.4. The summed E-state index contributed by atoms with van der Waals surface area (Å²) in [5, 5.41) is 24.6. The zero-order valence-electron chi connectivity index (χ0n) is 22.9. The number of carbonyl (C=O) groups excluding carboxylic acids is 3. The Labute approximate surface area is 264 Å². The smallest absolute Gasteiger partial charge is 0.283 e. The first kappa shape index (κ1) is 29.5. The molecule has 13 heteroatoms. The zero-order chi connectivity index (χ0) is 31.0. The number of rotatable bonds is 7. The van der Waals surface area contributed by atoms with Crippen LogP contribution in [-0.2, 0) is 14.4 Å². The van der Waals surface area contributed by atoms with Crippen LogP contribution in [-0.4, -0.2) is 27.6 Å². The van der Waals surface area contributed by atoms with Crippen molar-refractivity contribution in [3.05, 3.63) is 86.9 Å². The monoisotopic (exact) mass is 643 g/mol. The Kier molecular flexibility index (Phi) is 8.18. The summed E-state index contributed by atoms with van der Waals surface area (Å²) in [6.07, 6.45) is 4.65. The van der Waals surface area contributed by atoms with Crippen LogP contribution in [0.3, 0.4) is 0 Å². The maximum absolute atomic E-state index is 13.1.